The maximum absolute atomic E-state index is 11.9. The Morgan fingerprint density at radius 1 is 1.12 bits per heavy atom. The van der Waals surface area contributed by atoms with Gasteiger partial charge in [-0.05, 0) is 37.3 Å². The molecule has 0 spiro atoms. The molecule has 2 heterocycles. The van der Waals surface area contributed by atoms with Crippen LogP contribution in [0.25, 0.3) is 5.52 Å². The topological polar surface area (TPSA) is 26.4 Å². The van der Waals surface area contributed by atoms with Crippen molar-refractivity contribution >= 4 is 5.52 Å². The minimum atomic E-state index is 0.104. The molecule has 2 aromatic rings. The summed E-state index contributed by atoms with van der Waals surface area (Å²) in [7, 11) is 1.80. The normalized spacial score (nSPS) is 14.1. The average Bonchev–Trinajstić information content (AvgIpc) is 2.76. The van der Waals surface area contributed by atoms with Crippen LogP contribution < -0.4 is 5.56 Å². The van der Waals surface area contributed by atoms with Crippen LogP contribution in [0.2, 0.25) is 0 Å². The zero-order chi connectivity index (χ0) is 12.4. The molecule has 3 heteroatoms. The Morgan fingerprint density at radius 2 is 1.82 bits per heavy atom. The van der Waals surface area contributed by atoms with E-state index in [1.165, 1.54) is 24.1 Å². The summed E-state index contributed by atoms with van der Waals surface area (Å²) in [6.45, 7) is 4.00. The molecule has 0 unspecified atom stereocenters. The van der Waals surface area contributed by atoms with Gasteiger partial charge in [-0.15, -0.1) is 0 Å². The Kier molecular flexibility index (Phi) is 3.36. The van der Waals surface area contributed by atoms with E-state index in [-0.39, 0.29) is 5.56 Å². The standard InChI is InChI=1S/C12H14N2O.C2H6/c1-13-6-7-14-10-5-3-2-4-9(10)8-11(14)12(13)15;1-2/h6-8H,2-5H2,1H3;1-2H3. The van der Waals surface area contributed by atoms with Crippen molar-refractivity contribution in [2.24, 2.45) is 7.05 Å². The number of rotatable bonds is 0. The van der Waals surface area contributed by atoms with Gasteiger partial charge in [0.05, 0.1) is 0 Å². The molecule has 0 saturated heterocycles. The van der Waals surface area contributed by atoms with Crippen LogP contribution in [0.4, 0.5) is 0 Å². The zero-order valence-corrected chi connectivity index (χ0v) is 10.9. The van der Waals surface area contributed by atoms with Crippen molar-refractivity contribution in [2.45, 2.75) is 39.5 Å². The molecule has 1 aliphatic rings. The molecule has 0 atom stereocenters. The summed E-state index contributed by atoms with van der Waals surface area (Å²) < 4.78 is 3.71. The summed E-state index contributed by atoms with van der Waals surface area (Å²) >= 11 is 0. The van der Waals surface area contributed by atoms with Crippen LogP contribution in [0.5, 0.6) is 0 Å². The molecular weight excluding hydrogens is 212 g/mol. The van der Waals surface area contributed by atoms with E-state index in [9.17, 15) is 4.79 Å². The predicted octanol–water partition coefficient (Wildman–Crippen LogP) is 2.54. The van der Waals surface area contributed by atoms with Gasteiger partial charge in [0, 0.05) is 25.1 Å². The molecule has 17 heavy (non-hydrogen) atoms. The molecule has 1 aliphatic carbocycles. The minimum absolute atomic E-state index is 0.104. The number of hydrogen-bond donors (Lipinski definition) is 0. The number of aromatic nitrogens is 2. The first-order valence-electron chi connectivity index (χ1n) is 6.46. The van der Waals surface area contributed by atoms with Gasteiger partial charge in [-0.3, -0.25) is 4.79 Å². The summed E-state index contributed by atoms with van der Waals surface area (Å²) in [4.78, 5) is 11.9. The molecule has 3 rings (SSSR count). The second-order valence-corrected chi connectivity index (χ2v) is 4.29. The van der Waals surface area contributed by atoms with E-state index in [0.29, 0.717) is 0 Å². The first-order valence-corrected chi connectivity index (χ1v) is 6.46. The van der Waals surface area contributed by atoms with Gasteiger partial charge in [-0.1, -0.05) is 13.8 Å². The van der Waals surface area contributed by atoms with E-state index in [1.807, 2.05) is 26.2 Å². The van der Waals surface area contributed by atoms with Crippen molar-refractivity contribution in [3.8, 4) is 0 Å². The smallest absolute Gasteiger partial charge is 0.274 e. The number of aryl methyl sites for hydroxylation is 3. The van der Waals surface area contributed by atoms with Crippen LogP contribution >= 0.6 is 0 Å². The summed E-state index contributed by atoms with van der Waals surface area (Å²) in [6, 6.07) is 2.07. The summed E-state index contributed by atoms with van der Waals surface area (Å²) in [5, 5.41) is 0. The van der Waals surface area contributed by atoms with Gasteiger partial charge in [-0.25, -0.2) is 0 Å². The molecule has 0 saturated carbocycles. The van der Waals surface area contributed by atoms with E-state index in [4.69, 9.17) is 0 Å². The van der Waals surface area contributed by atoms with E-state index in [0.717, 1.165) is 18.4 Å². The molecule has 0 aromatic carbocycles. The second-order valence-electron chi connectivity index (χ2n) is 4.29. The van der Waals surface area contributed by atoms with E-state index >= 15 is 0 Å². The van der Waals surface area contributed by atoms with Crippen molar-refractivity contribution in [2.75, 3.05) is 0 Å². The van der Waals surface area contributed by atoms with Crippen LogP contribution in [0.3, 0.4) is 0 Å². The molecule has 3 nitrogen and oxygen atoms in total. The fourth-order valence-corrected chi connectivity index (χ4v) is 2.47. The fourth-order valence-electron chi connectivity index (χ4n) is 2.47. The Balaban J connectivity index is 0.000000514. The van der Waals surface area contributed by atoms with Crippen LogP contribution in [0.1, 0.15) is 37.9 Å². The van der Waals surface area contributed by atoms with Crippen LogP contribution in [-0.2, 0) is 19.9 Å². The lowest BCUT2D eigenvalue weighted by Gasteiger charge is -2.11. The summed E-state index contributed by atoms with van der Waals surface area (Å²) in [6.07, 6.45) is 8.57. The molecule has 92 valence electrons. The quantitative estimate of drug-likeness (QED) is 0.685. The Morgan fingerprint density at radius 3 is 2.59 bits per heavy atom. The van der Waals surface area contributed by atoms with Gasteiger partial charge >= 0.3 is 0 Å². The monoisotopic (exact) mass is 232 g/mol. The van der Waals surface area contributed by atoms with Gasteiger partial charge in [0.2, 0.25) is 0 Å². The third kappa shape index (κ3) is 1.90. The van der Waals surface area contributed by atoms with Crippen LogP contribution in [-0.4, -0.2) is 8.97 Å². The lowest BCUT2D eigenvalue weighted by Crippen LogP contribution is -2.18. The van der Waals surface area contributed by atoms with E-state index < -0.39 is 0 Å². The van der Waals surface area contributed by atoms with Gasteiger partial charge in [0.25, 0.3) is 5.56 Å². The van der Waals surface area contributed by atoms with Crippen molar-refractivity contribution in [1.29, 1.82) is 0 Å². The molecular formula is C14H20N2O. The van der Waals surface area contributed by atoms with Crippen molar-refractivity contribution in [3.05, 3.63) is 40.1 Å². The molecule has 0 amide bonds. The van der Waals surface area contributed by atoms with Gasteiger partial charge in [-0.2, -0.15) is 0 Å². The van der Waals surface area contributed by atoms with Crippen LogP contribution in [0, 0.1) is 0 Å². The molecule has 0 bridgehead atoms. The SMILES string of the molecule is CC.Cn1ccn2c3c(cc2c1=O)CCCC3. The van der Waals surface area contributed by atoms with E-state index in [2.05, 4.69) is 10.5 Å². The third-order valence-electron chi connectivity index (χ3n) is 3.32. The first kappa shape index (κ1) is 12.0. The van der Waals surface area contributed by atoms with Crippen LogP contribution in [0.15, 0.2) is 23.3 Å². The van der Waals surface area contributed by atoms with Gasteiger partial charge < -0.3 is 8.97 Å². The Bertz CT molecular complexity index is 578. The van der Waals surface area contributed by atoms with E-state index in [1.54, 1.807) is 11.6 Å². The highest BCUT2D eigenvalue weighted by Gasteiger charge is 2.15. The number of hydrogen-bond acceptors (Lipinski definition) is 1. The molecule has 0 fully saturated rings. The highest BCUT2D eigenvalue weighted by Crippen LogP contribution is 2.23. The van der Waals surface area contributed by atoms with Crippen molar-refractivity contribution < 1.29 is 0 Å². The van der Waals surface area contributed by atoms with Gasteiger partial charge in [0.1, 0.15) is 5.52 Å². The Labute approximate surface area is 102 Å². The zero-order valence-electron chi connectivity index (χ0n) is 10.9. The first-order chi connectivity index (χ1) is 8.27. The third-order valence-corrected chi connectivity index (χ3v) is 3.32. The molecule has 0 aliphatic heterocycles. The van der Waals surface area contributed by atoms with Gasteiger partial charge in [0.15, 0.2) is 0 Å². The Hall–Kier alpha value is -1.51. The second kappa shape index (κ2) is 4.78. The predicted molar refractivity (Wildman–Crippen MR) is 70.6 cm³/mol. The highest BCUT2D eigenvalue weighted by atomic mass is 16.1. The molecule has 0 radical (unpaired) electrons. The lowest BCUT2D eigenvalue weighted by atomic mass is 9.98. The summed E-state index contributed by atoms with van der Waals surface area (Å²) in [5.41, 5.74) is 3.64. The maximum Gasteiger partial charge on any atom is 0.274 e. The maximum atomic E-state index is 11.9. The molecule has 0 N–H and O–H groups in total. The van der Waals surface area contributed by atoms with Crippen molar-refractivity contribution in [1.82, 2.24) is 8.97 Å². The fraction of sp³-hybridized carbons (Fsp3) is 0.500. The average molecular weight is 232 g/mol. The lowest BCUT2D eigenvalue weighted by molar-refractivity contribution is 0.667. The highest BCUT2D eigenvalue weighted by molar-refractivity contribution is 5.52. The summed E-state index contributed by atoms with van der Waals surface area (Å²) in [5.74, 6) is 0. The minimum Gasteiger partial charge on any atom is -0.315 e. The number of nitrogens with zero attached hydrogens (tertiary/aromatic N) is 2. The number of fused-ring (bicyclic) bond motifs is 3. The van der Waals surface area contributed by atoms with Crippen molar-refractivity contribution in [3.63, 3.8) is 0 Å². The molecule has 2 aromatic heterocycles. The largest absolute Gasteiger partial charge is 0.315 e.